The molecule has 0 saturated carbocycles. The number of rotatable bonds is 5. The second-order valence-corrected chi connectivity index (χ2v) is 8.13. The predicted molar refractivity (Wildman–Crippen MR) is 118 cm³/mol. The summed E-state index contributed by atoms with van der Waals surface area (Å²) in [5.41, 5.74) is 0.797. The number of halogens is 2. The molecule has 160 valence electrons. The molecule has 0 bridgehead atoms. The Morgan fingerprint density at radius 1 is 1.23 bits per heavy atom. The van der Waals surface area contributed by atoms with Gasteiger partial charge < -0.3 is 10.2 Å². The summed E-state index contributed by atoms with van der Waals surface area (Å²) in [4.78, 5) is 28.2. The van der Waals surface area contributed by atoms with Crippen LogP contribution in [-0.4, -0.2) is 44.9 Å². The summed E-state index contributed by atoms with van der Waals surface area (Å²) in [7, 11) is 0. The molecule has 31 heavy (non-hydrogen) atoms. The Hall–Kier alpha value is -3.06. The van der Waals surface area contributed by atoms with E-state index in [1.165, 1.54) is 18.2 Å². The van der Waals surface area contributed by atoms with Crippen molar-refractivity contribution in [2.24, 2.45) is 5.92 Å². The quantitative estimate of drug-likeness (QED) is 0.624. The molecule has 3 aromatic rings. The molecular formula is C23H23ClFN5O. The maximum atomic E-state index is 14.0. The van der Waals surface area contributed by atoms with Crippen LogP contribution >= 0.6 is 11.6 Å². The second kappa shape index (κ2) is 9.39. The van der Waals surface area contributed by atoms with Gasteiger partial charge in [-0.2, -0.15) is 0 Å². The van der Waals surface area contributed by atoms with Crippen molar-refractivity contribution in [3.05, 3.63) is 71.4 Å². The number of carbonyl (C=O) groups excluding carboxylic acids is 1. The molecule has 1 aliphatic heterocycles. The molecule has 4 rings (SSSR count). The lowest BCUT2D eigenvalue weighted by Crippen LogP contribution is -2.51. The fraction of sp³-hybridized carbons (Fsp3) is 0.304. The highest BCUT2D eigenvalue weighted by Crippen LogP contribution is 2.29. The molecular weight excluding hydrogens is 417 g/mol. The van der Waals surface area contributed by atoms with Gasteiger partial charge in [0.25, 0.3) is 5.91 Å². The molecule has 1 aliphatic rings. The number of carbonyl (C=O) groups is 1. The molecule has 8 heteroatoms. The highest BCUT2D eigenvalue weighted by Gasteiger charge is 2.33. The molecule has 2 aromatic heterocycles. The third kappa shape index (κ3) is 4.82. The maximum Gasteiger partial charge on any atom is 0.254 e. The fourth-order valence-corrected chi connectivity index (χ4v) is 4.09. The van der Waals surface area contributed by atoms with E-state index in [0.29, 0.717) is 46.8 Å². The van der Waals surface area contributed by atoms with Crippen molar-refractivity contribution in [2.75, 3.05) is 18.4 Å². The van der Waals surface area contributed by atoms with Gasteiger partial charge in [0, 0.05) is 37.2 Å². The van der Waals surface area contributed by atoms with Gasteiger partial charge in [-0.15, -0.1) is 0 Å². The maximum absolute atomic E-state index is 14.0. The van der Waals surface area contributed by atoms with Gasteiger partial charge in [0.05, 0.1) is 16.6 Å². The zero-order valence-corrected chi connectivity index (χ0v) is 17.9. The van der Waals surface area contributed by atoms with Crippen molar-refractivity contribution in [2.45, 2.75) is 25.8 Å². The van der Waals surface area contributed by atoms with Crippen LogP contribution in [0.5, 0.6) is 0 Å². The van der Waals surface area contributed by atoms with E-state index >= 15 is 0 Å². The number of anilines is 1. The van der Waals surface area contributed by atoms with E-state index in [4.69, 9.17) is 11.6 Å². The van der Waals surface area contributed by atoms with Crippen LogP contribution in [0.2, 0.25) is 5.02 Å². The van der Waals surface area contributed by atoms with E-state index in [0.717, 1.165) is 12.8 Å². The molecule has 0 radical (unpaired) electrons. The third-order valence-electron chi connectivity index (χ3n) is 5.61. The Balaban J connectivity index is 1.61. The summed E-state index contributed by atoms with van der Waals surface area (Å²) in [6, 6.07) is 9.38. The van der Waals surface area contributed by atoms with Crippen molar-refractivity contribution in [3.63, 3.8) is 0 Å². The number of nitrogens with one attached hydrogen (secondary N) is 1. The van der Waals surface area contributed by atoms with Crippen LogP contribution in [0.4, 0.5) is 10.2 Å². The topological polar surface area (TPSA) is 71.0 Å². The first-order valence-corrected chi connectivity index (χ1v) is 10.6. The first-order valence-electron chi connectivity index (χ1n) is 10.3. The average molecular weight is 440 g/mol. The summed E-state index contributed by atoms with van der Waals surface area (Å²) in [5.74, 6) is 0.752. The normalized spacial score (nSPS) is 18.6. The minimum absolute atomic E-state index is 0.0340. The van der Waals surface area contributed by atoms with Gasteiger partial charge in [-0.05, 0) is 55.2 Å². The van der Waals surface area contributed by atoms with E-state index in [1.54, 1.807) is 30.7 Å². The van der Waals surface area contributed by atoms with Crippen LogP contribution in [0, 0.1) is 11.7 Å². The number of piperidine rings is 1. The molecule has 1 fully saturated rings. The van der Waals surface area contributed by atoms with E-state index in [9.17, 15) is 9.18 Å². The van der Waals surface area contributed by atoms with Crippen molar-refractivity contribution in [3.8, 4) is 11.4 Å². The number of amides is 1. The van der Waals surface area contributed by atoms with Crippen LogP contribution < -0.4 is 5.32 Å². The number of hydrogen-bond donors (Lipinski definition) is 1. The fourth-order valence-electron chi connectivity index (χ4n) is 3.98. The SMILES string of the molecule is C[C@@H]1CCCN(C(=O)c2ccc(F)cc2-c2ncccn2)[C@@H]1CNc1ccc(Cl)cn1. The molecule has 3 heterocycles. The number of nitrogens with zero attached hydrogens (tertiary/aromatic N) is 4. The van der Waals surface area contributed by atoms with Crippen molar-refractivity contribution in [1.82, 2.24) is 19.9 Å². The Labute approximate surface area is 185 Å². The zero-order chi connectivity index (χ0) is 21.8. The van der Waals surface area contributed by atoms with Crippen molar-refractivity contribution >= 4 is 23.3 Å². The summed E-state index contributed by atoms with van der Waals surface area (Å²) in [5, 5.41) is 3.89. The van der Waals surface area contributed by atoms with E-state index in [-0.39, 0.29) is 11.9 Å². The largest absolute Gasteiger partial charge is 0.368 e. The van der Waals surface area contributed by atoms with Crippen molar-refractivity contribution in [1.29, 1.82) is 0 Å². The molecule has 6 nitrogen and oxygen atoms in total. The highest BCUT2D eigenvalue weighted by molar-refractivity contribution is 6.30. The van der Waals surface area contributed by atoms with E-state index in [2.05, 4.69) is 27.2 Å². The average Bonchev–Trinajstić information content (AvgIpc) is 2.79. The number of hydrogen-bond acceptors (Lipinski definition) is 5. The molecule has 1 amide bonds. The summed E-state index contributed by atoms with van der Waals surface area (Å²) < 4.78 is 14.0. The standard InChI is InChI=1S/C23H23ClFN5O/c1-15-4-2-11-30(20(15)14-29-21-8-5-16(24)13-28-21)23(31)18-7-6-17(25)12-19(18)22-26-9-3-10-27-22/h3,5-10,12-13,15,20H,2,4,11,14H2,1H3,(H,28,29)/t15-,20-/m1/s1. The van der Waals surface area contributed by atoms with Gasteiger partial charge in [-0.1, -0.05) is 18.5 Å². The van der Waals surface area contributed by atoms with Crippen LogP contribution in [0.1, 0.15) is 30.1 Å². The highest BCUT2D eigenvalue weighted by atomic mass is 35.5. The number of aromatic nitrogens is 3. The molecule has 0 unspecified atom stereocenters. The van der Waals surface area contributed by atoms with E-state index < -0.39 is 5.82 Å². The minimum atomic E-state index is -0.432. The lowest BCUT2D eigenvalue weighted by molar-refractivity contribution is 0.0540. The second-order valence-electron chi connectivity index (χ2n) is 7.69. The van der Waals surface area contributed by atoms with Crippen LogP contribution in [0.15, 0.2) is 55.0 Å². The molecule has 1 N–H and O–H groups in total. The van der Waals surface area contributed by atoms with Gasteiger partial charge in [-0.25, -0.2) is 19.3 Å². The summed E-state index contributed by atoms with van der Waals surface area (Å²) in [6.45, 7) is 3.34. The Morgan fingerprint density at radius 3 is 2.77 bits per heavy atom. The summed E-state index contributed by atoms with van der Waals surface area (Å²) in [6.07, 6.45) is 6.69. The van der Waals surface area contributed by atoms with Crippen LogP contribution in [0.25, 0.3) is 11.4 Å². The number of pyridine rings is 1. The monoisotopic (exact) mass is 439 g/mol. The third-order valence-corrected chi connectivity index (χ3v) is 5.84. The molecule has 2 atom stereocenters. The van der Waals surface area contributed by atoms with E-state index in [1.807, 2.05) is 11.0 Å². The Kier molecular flexibility index (Phi) is 6.42. The summed E-state index contributed by atoms with van der Waals surface area (Å²) >= 11 is 5.91. The van der Waals surface area contributed by atoms with Gasteiger partial charge in [0.15, 0.2) is 5.82 Å². The van der Waals surface area contributed by atoms with Crippen LogP contribution in [-0.2, 0) is 0 Å². The number of benzene rings is 1. The lowest BCUT2D eigenvalue weighted by atomic mass is 9.89. The molecule has 0 spiro atoms. The molecule has 0 aliphatic carbocycles. The van der Waals surface area contributed by atoms with Crippen LogP contribution in [0.3, 0.4) is 0 Å². The molecule has 1 aromatic carbocycles. The number of likely N-dealkylation sites (tertiary alicyclic amines) is 1. The predicted octanol–water partition coefficient (Wildman–Crippen LogP) is 4.68. The Morgan fingerprint density at radius 2 is 2.03 bits per heavy atom. The van der Waals surface area contributed by atoms with Gasteiger partial charge in [0.1, 0.15) is 11.6 Å². The molecule has 1 saturated heterocycles. The Bertz CT molecular complexity index is 1050. The van der Waals surface area contributed by atoms with Crippen molar-refractivity contribution < 1.29 is 9.18 Å². The first-order chi connectivity index (χ1) is 15.0. The first kappa shape index (κ1) is 21.2. The van der Waals surface area contributed by atoms with Gasteiger partial charge in [-0.3, -0.25) is 4.79 Å². The zero-order valence-electron chi connectivity index (χ0n) is 17.1. The van der Waals surface area contributed by atoms with Gasteiger partial charge >= 0.3 is 0 Å². The smallest absolute Gasteiger partial charge is 0.254 e. The lowest BCUT2D eigenvalue weighted by Gasteiger charge is -2.40. The van der Waals surface area contributed by atoms with Gasteiger partial charge in [0.2, 0.25) is 0 Å². The minimum Gasteiger partial charge on any atom is -0.368 e.